The summed E-state index contributed by atoms with van der Waals surface area (Å²) < 4.78 is 1.31. The third-order valence-corrected chi connectivity index (χ3v) is 3.67. The van der Waals surface area contributed by atoms with Gasteiger partial charge in [0.1, 0.15) is 0 Å². The van der Waals surface area contributed by atoms with Gasteiger partial charge in [0.15, 0.2) is 0 Å². The second kappa shape index (κ2) is 6.01. The van der Waals surface area contributed by atoms with Gasteiger partial charge in [0.2, 0.25) is 0 Å². The van der Waals surface area contributed by atoms with Crippen LogP contribution in [-0.2, 0) is 6.42 Å². The standard InChI is InChI=1S/C14H22IN/c1-11(16-4)9-14(2,3)10-12-5-7-13(15)8-6-12/h5-8,11,16H,9-10H2,1-4H3. The molecule has 1 aromatic rings. The Balaban J connectivity index is 2.61. The van der Waals surface area contributed by atoms with Crippen LogP contribution in [-0.4, -0.2) is 13.1 Å². The number of halogens is 1. The van der Waals surface area contributed by atoms with E-state index in [-0.39, 0.29) is 0 Å². The second-order valence-electron chi connectivity index (χ2n) is 5.36. The zero-order chi connectivity index (χ0) is 12.2. The first-order valence-corrected chi connectivity index (χ1v) is 6.92. The minimum Gasteiger partial charge on any atom is -0.317 e. The Bertz CT molecular complexity index is 316. The molecule has 0 aliphatic carbocycles. The molecule has 0 aliphatic rings. The van der Waals surface area contributed by atoms with Crippen LogP contribution in [0.4, 0.5) is 0 Å². The molecule has 1 rings (SSSR count). The number of rotatable bonds is 5. The van der Waals surface area contributed by atoms with E-state index in [0.29, 0.717) is 11.5 Å². The number of nitrogens with one attached hydrogen (secondary N) is 1. The minimum atomic E-state index is 0.356. The topological polar surface area (TPSA) is 12.0 Å². The van der Waals surface area contributed by atoms with E-state index in [2.05, 4.69) is 72.9 Å². The molecule has 1 atom stereocenters. The summed E-state index contributed by atoms with van der Waals surface area (Å²) in [4.78, 5) is 0. The number of benzene rings is 1. The SMILES string of the molecule is CNC(C)CC(C)(C)Cc1ccc(I)cc1. The molecule has 2 heteroatoms. The molecule has 16 heavy (non-hydrogen) atoms. The summed E-state index contributed by atoms with van der Waals surface area (Å²) in [6, 6.07) is 9.45. The van der Waals surface area contributed by atoms with Gasteiger partial charge in [-0.1, -0.05) is 26.0 Å². The van der Waals surface area contributed by atoms with Crippen molar-refractivity contribution in [3.63, 3.8) is 0 Å². The van der Waals surface area contributed by atoms with E-state index in [1.165, 1.54) is 15.6 Å². The fourth-order valence-electron chi connectivity index (χ4n) is 2.16. The van der Waals surface area contributed by atoms with Crippen LogP contribution in [0.25, 0.3) is 0 Å². The van der Waals surface area contributed by atoms with E-state index in [1.807, 2.05) is 7.05 Å². The average molecular weight is 331 g/mol. The molecule has 0 saturated carbocycles. The molecular formula is C14H22IN. The average Bonchev–Trinajstić information content (AvgIpc) is 2.20. The van der Waals surface area contributed by atoms with Gasteiger partial charge >= 0.3 is 0 Å². The lowest BCUT2D eigenvalue weighted by Gasteiger charge is -2.28. The van der Waals surface area contributed by atoms with Gasteiger partial charge in [-0.15, -0.1) is 0 Å². The smallest absolute Gasteiger partial charge is 0.0130 e. The van der Waals surface area contributed by atoms with Crippen molar-refractivity contribution in [2.45, 2.75) is 39.7 Å². The monoisotopic (exact) mass is 331 g/mol. The molecule has 0 amide bonds. The van der Waals surface area contributed by atoms with Crippen molar-refractivity contribution in [1.82, 2.24) is 5.32 Å². The van der Waals surface area contributed by atoms with Gasteiger partial charge < -0.3 is 5.32 Å². The minimum absolute atomic E-state index is 0.356. The molecule has 0 heterocycles. The lowest BCUT2D eigenvalue weighted by molar-refractivity contribution is 0.293. The van der Waals surface area contributed by atoms with Gasteiger partial charge in [0, 0.05) is 9.61 Å². The number of hydrogen-bond acceptors (Lipinski definition) is 1. The van der Waals surface area contributed by atoms with Crippen molar-refractivity contribution in [3.05, 3.63) is 33.4 Å². The summed E-state index contributed by atoms with van der Waals surface area (Å²) in [5.41, 5.74) is 1.79. The van der Waals surface area contributed by atoms with E-state index >= 15 is 0 Å². The fourth-order valence-corrected chi connectivity index (χ4v) is 2.52. The van der Waals surface area contributed by atoms with Gasteiger partial charge in [-0.3, -0.25) is 0 Å². The van der Waals surface area contributed by atoms with Gasteiger partial charge in [0.05, 0.1) is 0 Å². The van der Waals surface area contributed by atoms with Crippen molar-refractivity contribution in [2.75, 3.05) is 7.05 Å². The zero-order valence-electron chi connectivity index (χ0n) is 10.7. The van der Waals surface area contributed by atoms with E-state index in [4.69, 9.17) is 0 Å². The van der Waals surface area contributed by atoms with Crippen LogP contribution in [0.2, 0.25) is 0 Å². The molecule has 1 N–H and O–H groups in total. The Morgan fingerprint density at radius 3 is 2.31 bits per heavy atom. The summed E-state index contributed by atoms with van der Waals surface area (Å²) in [5.74, 6) is 0. The third kappa shape index (κ3) is 4.83. The third-order valence-electron chi connectivity index (χ3n) is 2.95. The molecule has 0 spiro atoms. The molecular weight excluding hydrogens is 309 g/mol. The Morgan fingerprint density at radius 2 is 1.81 bits per heavy atom. The molecule has 0 aromatic heterocycles. The fraction of sp³-hybridized carbons (Fsp3) is 0.571. The molecule has 1 unspecified atom stereocenters. The normalized spacial score (nSPS) is 13.8. The molecule has 0 fully saturated rings. The maximum Gasteiger partial charge on any atom is 0.0130 e. The predicted molar refractivity (Wildman–Crippen MR) is 79.8 cm³/mol. The Labute approximate surface area is 113 Å². The van der Waals surface area contributed by atoms with Crippen LogP contribution in [0.5, 0.6) is 0 Å². The van der Waals surface area contributed by atoms with Crippen LogP contribution in [0.1, 0.15) is 32.8 Å². The van der Waals surface area contributed by atoms with E-state index in [1.54, 1.807) is 0 Å². The highest BCUT2D eigenvalue weighted by atomic mass is 127. The first kappa shape index (κ1) is 14.0. The molecule has 0 saturated heterocycles. The largest absolute Gasteiger partial charge is 0.317 e. The van der Waals surface area contributed by atoms with Crippen molar-refractivity contribution in [1.29, 1.82) is 0 Å². The molecule has 0 aliphatic heterocycles. The van der Waals surface area contributed by atoms with Crippen molar-refractivity contribution < 1.29 is 0 Å². The summed E-state index contributed by atoms with van der Waals surface area (Å²) >= 11 is 2.35. The quantitative estimate of drug-likeness (QED) is 0.808. The van der Waals surface area contributed by atoms with Gasteiger partial charge in [-0.25, -0.2) is 0 Å². The molecule has 1 nitrogen and oxygen atoms in total. The summed E-state index contributed by atoms with van der Waals surface area (Å²) in [6.45, 7) is 6.94. The maximum absolute atomic E-state index is 3.31. The lowest BCUT2D eigenvalue weighted by atomic mass is 9.80. The molecule has 0 radical (unpaired) electrons. The van der Waals surface area contributed by atoms with Crippen LogP contribution < -0.4 is 5.32 Å². The van der Waals surface area contributed by atoms with Gasteiger partial charge in [-0.05, 0) is 72.5 Å². The number of hydrogen-bond donors (Lipinski definition) is 1. The predicted octanol–water partition coefficient (Wildman–Crippen LogP) is 3.86. The van der Waals surface area contributed by atoms with Crippen LogP contribution in [0.3, 0.4) is 0 Å². The summed E-state index contributed by atoms with van der Waals surface area (Å²) in [5, 5.41) is 3.31. The Kier molecular flexibility index (Phi) is 5.25. The van der Waals surface area contributed by atoms with E-state index in [9.17, 15) is 0 Å². The van der Waals surface area contributed by atoms with E-state index in [0.717, 1.165) is 6.42 Å². The molecule has 1 aromatic carbocycles. The van der Waals surface area contributed by atoms with Gasteiger partial charge in [0.25, 0.3) is 0 Å². The van der Waals surface area contributed by atoms with E-state index < -0.39 is 0 Å². The highest BCUT2D eigenvalue weighted by Gasteiger charge is 2.20. The highest BCUT2D eigenvalue weighted by Crippen LogP contribution is 2.27. The van der Waals surface area contributed by atoms with Crippen LogP contribution in [0, 0.1) is 8.99 Å². The lowest BCUT2D eigenvalue weighted by Crippen LogP contribution is -2.29. The van der Waals surface area contributed by atoms with Crippen molar-refractivity contribution in [2.24, 2.45) is 5.41 Å². The summed E-state index contributed by atoms with van der Waals surface area (Å²) in [6.07, 6.45) is 2.35. The molecule has 0 bridgehead atoms. The Morgan fingerprint density at radius 1 is 1.25 bits per heavy atom. The highest BCUT2D eigenvalue weighted by molar-refractivity contribution is 14.1. The maximum atomic E-state index is 3.31. The first-order valence-electron chi connectivity index (χ1n) is 5.85. The van der Waals surface area contributed by atoms with Crippen LogP contribution in [0.15, 0.2) is 24.3 Å². The van der Waals surface area contributed by atoms with Crippen LogP contribution >= 0.6 is 22.6 Å². The van der Waals surface area contributed by atoms with Crippen molar-refractivity contribution >= 4 is 22.6 Å². The Hall–Kier alpha value is -0.0900. The summed E-state index contributed by atoms with van der Waals surface area (Å²) in [7, 11) is 2.03. The zero-order valence-corrected chi connectivity index (χ0v) is 12.8. The molecule has 90 valence electrons. The second-order valence-corrected chi connectivity index (χ2v) is 6.61. The van der Waals surface area contributed by atoms with Crippen molar-refractivity contribution in [3.8, 4) is 0 Å². The first-order chi connectivity index (χ1) is 7.43. The van der Waals surface area contributed by atoms with Gasteiger partial charge in [-0.2, -0.15) is 0 Å².